The summed E-state index contributed by atoms with van der Waals surface area (Å²) in [6, 6.07) is 6.00. The van der Waals surface area contributed by atoms with Crippen LogP contribution in [0.2, 0.25) is 0 Å². The molecule has 0 radical (unpaired) electrons. The average molecular weight is 257 g/mol. The van der Waals surface area contributed by atoms with E-state index in [0.29, 0.717) is 17.5 Å². The largest absolute Gasteiger partial charge is 0.493 e. The second-order valence-corrected chi connectivity index (χ2v) is 4.34. The maximum Gasteiger partial charge on any atom is 0.272 e. The highest BCUT2D eigenvalue weighted by atomic mass is 19.3. The first-order valence-corrected chi connectivity index (χ1v) is 6.00. The lowest BCUT2D eigenvalue weighted by Gasteiger charge is -2.12. The molecule has 1 aromatic rings. The van der Waals surface area contributed by atoms with Crippen LogP contribution in [-0.4, -0.2) is 26.2 Å². The van der Waals surface area contributed by atoms with Crippen LogP contribution >= 0.6 is 0 Å². The third-order valence-corrected chi connectivity index (χ3v) is 2.77. The van der Waals surface area contributed by atoms with Gasteiger partial charge in [0.05, 0.1) is 7.11 Å². The molecule has 1 aliphatic rings. The minimum absolute atomic E-state index is 0.368. The van der Waals surface area contributed by atoms with Crippen LogP contribution in [0.25, 0.3) is 0 Å². The number of rotatable bonds is 7. The summed E-state index contributed by atoms with van der Waals surface area (Å²) in [6.07, 6.45) is -0.0570. The normalized spacial score (nSPS) is 14.9. The van der Waals surface area contributed by atoms with E-state index in [4.69, 9.17) is 9.47 Å². The fourth-order valence-corrected chi connectivity index (χ4v) is 1.65. The summed E-state index contributed by atoms with van der Waals surface area (Å²) >= 11 is 0. The molecule has 0 amide bonds. The summed E-state index contributed by atoms with van der Waals surface area (Å²) in [5, 5.41) is 3.36. The molecule has 0 atom stereocenters. The van der Waals surface area contributed by atoms with E-state index in [2.05, 4.69) is 5.32 Å². The van der Waals surface area contributed by atoms with E-state index in [1.54, 1.807) is 12.1 Å². The Labute approximate surface area is 105 Å². The van der Waals surface area contributed by atoms with Crippen molar-refractivity contribution in [3.63, 3.8) is 0 Å². The number of benzene rings is 1. The highest BCUT2D eigenvalue weighted by Crippen LogP contribution is 2.29. The van der Waals surface area contributed by atoms with Crippen molar-refractivity contribution in [3.05, 3.63) is 23.8 Å². The van der Waals surface area contributed by atoms with Gasteiger partial charge in [-0.3, -0.25) is 0 Å². The SMILES string of the molecule is COc1ccc(CNC2CC2)cc1OCC(F)F. The summed E-state index contributed by atoms with van der Waals surface area (Å²) in [7, 11) is 1.49. The van der Waals surface area contributed by atoms with E-state index in [1.807, 2.05) is 6.07 Å². The van der Waals surface area contributed by atoms with Crippen molar-refractivity contribution in [2.75, 3.05) is 13.7 Å². The number of hydrogen-bond acceptors (Lipinski definition) is 3. The van der Waals surface area contributed by atoms with Gasteiger partial charge in [-0.1, -0.05) is 6.07 Å². The van der Waals surface area contributed by atoms with Gasteiger partial charge in [0.15, 0.2) is 11.5 Å². The van der Waals surface area contributed by atoms with Crippen LogP contribution in [0.1, 0.15) is 18.4 Å². The molecule has 1 saturated carbocycles. The molecule has 0 bridgehead atoms. The van der Waals surface area contributed by atoms with Gasteiger partial charge in [-0.25, -0.2) is 8.78 Å². The quantitative estimate of drug-likeness (QED) is 0.814. The molecule has 1 aliphatic carbocycles. The fourth-order valence-electron chi connectivity index (χ4n) is 1.65. The molecule has 0 aromatic heterocycles. The lowest BCUT2D eigenvalue weighted by molar-refractivity contribution is 0.0804. The highest BCUT2D eigenvalue weighted by molar-refractivity contribution is 5.43. The second-order valence-electron chi connectivity index (χ2n) is 4.34. The molecular weight excluding hydrogens is 240 g/mol. The summed E-state index contributed by atoms with van der Waals surface area (Å²) < 4.78 is 34.4. The molecule has 2 rings (SSSR count). The predicted octanol–water partition coefficient (Wildman–Crippen LogP) is 2.59. The summed E-state index contributed by atoms with van der Waals surface area (Å²) in [4.78, 5) is 0. The monoisotopic (exact) mass is 257 g/mol. The number of alkyl halides is 2. The van der Waals surface area contributed by atoms with E-state index in [1.165, 1.54) is 20.0 Å². The molecule has 100 valence electrons. The standard InChI is InChI=1S/C13H17F2NO2/c1-17-11-5-2-9(7-16-10-3-4-10)6-12(11)18-8-13(14)15/h2,5-6,10,13,16H,3-4,7-8H2,1H3. The molecule has 0 aliphatic heterocycles. The second kappa shape index (κ2) is 6.00. The predicted molar refractivity (Wildman–Crippen MR) is 64.4 cm³/mol. The van der Waals surface area contributed by atoms with Crippen molar-refractivity contribution in [1.82, 2.24) is 5.32 Å². The number of halogens is 2. The topological polar surface area (TPSA) is 30.5 Å². The van der Waals surface area contributed by atoms with Gasteiger partial charge in [0, 0.05) is 12.6 Å². The van der Waals surface area contributed by atoms with E-state index in [0.717, 1.165) is 12.1 Å². The van der Waals surface area contributed by atoms with E-state index >= 15 is 0 Å². The van der Waals surface area contributed by atoms with E-state index in [-0.39, 0.29) is 0 Å². The zero-order valence-electron chi connectivity index (χ0n) is 10.3. The van der Waals surface area contributed by atoms with Gasteiger partial charge in [0.1, 0.15) is 6.61 Å². The van der Waals surface area contributed by atoms with Crippen LogP contribution in [0.3, 0.4) is 0 Å². The maximum atomic E-state index is 12.1. The van der Waals surface area contributed by atoms with Gasteiger partial charge in [0.2, 0.25) is 0 Å². The van der Waals surface area contributed by atoms with Gasteiger partial charge in [-0.2, -0.15) is 0 Å². The van der Waals surface area contributed by atoms with Crippen LogP contribution in [0.4, 0.5) is 8.78 Å². The van der Waals surface area contributed by atoms with Crippen molar-refractivity contribution in [3.8, 4) is 11.5 Å². The van der Waals surface area contributed by atoms with Gasteiger partial charge < -0.3 is 14.8 Å². The van der Waals surface area contributed by atoms with Crippen LogP contribution in [0.15, 0.2) is 18.2 Å². The molecule has 0 spiro atoms. The van der Waals surface area contributed by atoms with Gasteiger partial charge in [-0.05, 0) is 30.5 Å². The molecule has 0 unspecified atom stereocenters. The van der Waals surface area contributed by atoms with Crippen LogP contribution in [0.5, 0.6) is 11.5 Å². The Morgan fingerprint density at radius 1 is 1.33 bits per heavy atom. The first-order valence-electron chi connectivity index (χ1n) is 6.00. The van der Waals surface area contributed by atoms with E-state index < -0.39 is 13.0 Å². The minimum Gasteiger partial charge on any atom is -0.493 e. The van der Waals surface area contributed by atoms with Gasteiger partial charge in [-0.15, -0.1) is 0 Å². The summed E-state index contributed by atoms with van der Waals surface area (Å²) in [5.74, 6) is 0.846. The summed E-state index contributed by atoms with van der Waals surface area (Å²) in [6.45, 7) is 0.107. The Hall–Kier alpha value is -1.36. The number of hydrogen-bond donors (Lipinski definition) is 1. The van der Waals surface area contributed by atoms with E-state index in [9.17, 15) is 8.78 Å². The lowest BCUT2D eigenvalue weighted by Crippen LogP contribution is -2.15. The lowest BCUT2D eigenvalue weighted by atomic mass is 10.2. The molecule has 0 saturated heterocycles. The number of methoxy groups -OCH3 is 1. The van der Waals surface area contributed by atoms with Crippen molar-refractivity contribution in [2.45, 2.75) is 31.9 Å². The van der Waals surface area contributed by atoms with Crippen molar-refractivity contribution >= 4 is 0 Å². The number of ether oxygens (including phenoxy) is 2. The van der Waals surface area contributed by atoms with Crippen LogP contribution in [0, 0.1) is 0 Å². The first kappa shape index (κ1) is 13.1. The Balaban J connectivity index is 2.00. The third kappa shape index (κ3) is 3.84. The highest BCUT2D eigenvalue weighted by Gasteiger charge is 2.20. The minimum atomic E-state index is -2.48. The maximum absolute atomic E-state index is 12.1. The molecule has 0 heterocycles. The Kier molecular flexibility index (Phi) is 4.36. The zero-order valence-corrected chi connectivity index (χ0v) is 10.3. The molecule has 5 heteroatoms. The summed E-state index contributed by atoms with van der Waals surface area (Å²) in [5.41, 5.74) is 1.01. The molecular formula is C13H17F2NO2. The number of nitrogens with one attached hydrogen (secondary N) is 1. The van der Waals surface area contributed by atoms with Crippen molar-refractivity contribution < 1.29 is 18.3 Å². The molecule has 1 aromatic carbocycles. The third-order valence-electron chi connectivity index (χ3n) is 2.77. The van der Waals surface area contributed by atoms with Crippen LogP contribution < -0.4 is 14.8 Å². The molecule has 1 fully saturated rings. The fraction of sp³-hybridized carbons (Fsp3) is 0.538. The smallest absolute Gasteiger partial charge is 0.272 e. The Bertz CT molecular complexity index is 395. The Morgan fingerprint density at radius 2 is 2.11 bits per heavy atom. The first-order chi connectivity index (χ1) is 8.69. The van der Waals surface area contributed by atoms with Gasteiger partial charge >= 0.3 is 0 Å². The van der Waals surface area contributed by atoms with Gasteiger partial charge in [0.25, 0.3) is 6.43 Å². The van der Waals surface area contributed by atoms with Crippen molar-refractivity contribution in [2.24, 2.45) is 0 Å². The molecule has 18 heavy (non-hydrogen) atoms. The van der Waals surface area contributed by atoms with Crippen molar-refractivity contribution in [1.29, 1.82) is 0 Å². The average Bonchev–Trinajstić information content (AvgIpc) is 3.18. The molecule has 1 N–H and O–H groups in total. The zero-order chi connectivity index (χ0) is 13.0. The van der Waals surface area contributed by atoms with Crippen LogP contribution in [-0.2, 0) is 6.54 Å². The molecule has 3 nitrogen and oxygen atoms in total. The Morgan fingerprint density at radius 3 is 2.72 bits per heavy atom.